The molecule has 1 atom stereocenters. The fraction of sp³-hybridized carbons (Fsp3) is 0.353. The van der Waals surface area contributed by atoms with E-state index in [1.54, 1.807) is 12.1 Å². The highest BCUT2D eigenvalue weighted by Crippen LogP contribution is 2.22. The van der Waals surface area contributed by atoms with Crippen molar-refractivity contribution >= 4 is 33.5 Å². The molecule has 0 aliphatic rings. The van der Waals surface area contributed by atoms with Gasteiger partial charge in [0.2, 0.25) is 5.95 Å². The molecule has 28 heavy (non-hydrogen) atoms. The lowest BCUT2D eigenvalue weighted by Gasteiger charge is -2.21. The minimum atomic E-state index is -3.61. The van der Waals surface area contributed by atoms with Crippen LogP contribution in [0.5, 0.6) is 5.75 Å². The average Bonchev–Trinajstić information content (AvgIpc) is 2.59. The Labute approximate surface area is 163 Å². The quantitative estimate of drug-likeness (QED) is 0.445. The van der Waals surface area contributed by atoms with Crippen LogP contribution in [0.15, 0.2) is 30.5 Å². The van der Waals surface area contributed by atoms with E-state index >= 15 is 0 Å². The predicted octanol–water partition coefficient (Wildman–Crippen LogP) is 1.09. The fourth-order valence-corrected chi connectivity index (χ4v) is 2.69. The first-order valence-corrected chi connectivity index (χ1v) is 10.2. The van der Waals surface area contributed by atoms with E-state index in [9.17, 15) is 18.3 Å². The molecule has 0 aliphatic heterocycles. The summed E-state index contributed by atoms with van der Waals surface area (Å²) in [6.45, 7) is 3.68. The topological polar surface area (TPSA) is 157 Å². The molecular weight excluding hydrogens is 386 g/mol. The lowest BCUT2D eigenvalue weighted by Crippen LogP contribution is -2.31. The Kier molecular flexibility index (Phi) is 6.75. The van der Waals surface area contributed by atoms with E-state index in [2.05, 4.69) is 20.6 Å². The third-order valence-electron chi connectivity index (χ3n) is 3.74. The maximum Gasteiger partial charge on any atom is 0.306 e. The average molecular weight is 409 g/mol. The van der Waals surface area contributed by atoms with Crippen LogP contribution < -0.4 is 20.6 Å². The molecule has 10 nitrogen and oxygen atoms in total. The molecule has 152 valence electrons. The van der Waals surface area contributed by atoms with Crippen LogP contribution in [0, 0.1) is 5.92 Å². The number of aliphatic hydroxyl groups is 1. The van der Waals surface area contributed by atoms with Crippen LogP contribution in [0.3, 0.4) is 0 Å². The number of carbonyl (C=O) groups excluding carboxylic acids is 1. The van der Waals surface area contributed by atoms with Crippen molar-refractivity contribution in [3.05, 3.63) is 36.0 Å². The van der Waals surface area contributed by atoms with Crippen molar-refractivity contribution in [1.82, 2.24) is 9.97 Å². The number of aliphatic hydroxyl groups excluding tert-OH is 1. The second kappa shape index (κ2) is 8.85. The van der Waals surface area contributed by atoms with Gasteiger partial charge in [-0.15, -0.1) is 0 Å². The van der Waals surface area contributed by atoms with Gasteiger partial charge in [-0.05, 0) is 30.2 Å². The summed E-state index contributed by atoms with van der Waals surface area (Å²) in [5, 5.41) is 15.5. The van der Waals surface area contributed by atoms with Gasteiger partial charge in [0.05, 0.1) is 24.5 Å². The number of benzene rings is 1. The summed E-state index contributed by atoms with van der Waals surface area (Å²) in [4.78, 5) is 20.0. The normalized spacial score (nSPS) is 12.5. The molecule has 1 heterocycles. The Hall–Kier alpha value is -2.92. The van der Waals surface area contributed by atoms with Crippen molar-refractivity contribution in [1.29, 1.82) is 0 Å². The highest BCUT2D eigenvalue weighted by molar-refractivity contribution is 7.86. The molecular formula is C17H23N5O5S. The van der Waals surface area contributed by atoms with Crippen LogP contribution in [0.4, 0.5) is 17.5 Å². The molecule has 2 aromatic rings. The Morgan fingerprint density at radius 1 is 1.29 bits per heavy atom. The van der Waals surface area contributed by atoms with Gasteiger partial charge in [0.25, 0.3) is 5.91 Å². The van der Waals surface area contributed by atoms with E-state index in [4.69, 9.17) is 9.92 Å². The minimum Gasteiger partial charge on any atom is -0.394 e. The summed E-state index contributed by atoms with van der Waals surface area (Å²) in [5.74, 6) is -0.0566. The molecule has 0 saturated heterocycles. The SMILES string of the molecule is CC(C)[C@@H](CO)Nc1nc(Nc2ccc(OS(C)(=O)=O)cc2)ncc1C(N)=O. The molecule has 1 aromatic heterocycles. The monoisotopic (exact) mass is 409 g/mol. The van der Waals surface area contributed by atoms with Gasteiger partial charge in [-0.1, -0.05) is 13.8 Å². The van der Waals surface area contributed by atoms with Crippen molar-refractivity contribution in [2.75, 3.05) is 23.5 Å². The van der Waals surface area contributed by atoms with E-state index in [1.807, 2.05) is 13.8 Å². The summed E-state index contributed by atoms with van der Waals surface area (Å²) in [6.07, 6.45) is 2.24. The van der Waals surface area contributed by atoms with Crippen LogP contribution in [-0.2, 0) is 10.1 Å². The van der Waals surface area contributed by atoms with Crippen molar-refractivity contribution in [3.8, 4) is 5.75 Å². The minimum absolute atomic E-state index is 0.0829. The number of hydrogen-bond acceptors (Lipinski definition) is 9. The number of nitrogens with two attached hydrogens (primary N) is 1. The number of nitrogens with one attached hydrogen (secondary N) is 2. The van der Waals surface area contributed by atoms with E-state index < -0.39 is 16.0 Å². The van der Waals surface area contributed by atoms with Crippen LogP contribution >= 0.6 is 0 Å². The molecule has 1 amide bonds. The van der Waals surface area contributed by atoms with Gasteiger partial charge in [0, 0.05) is 11.9 Å². The molecule has 0 aliphatic carbocycles. The second-order valence-electron chi connectivity index (χ2n) is 6.43. The lowest BCUT2D eigenvalue weighted by atomic mass is 10.1. The summed E-state index contributed by atoms with van der Waals surface area (Å²) >= 11 is 0. The maximum atomic E-state index is 11.6. The number of amides is 1. The molecule has 5 N–H and O–H groups in total. The Morgan fingerprint density at radius 2 is 1.93 bits per heavy atom. The highest BCUT2D eigenvalue weighted by atomic mass is 32.2. The first-order chi connectivity index (χ1) is 13.1. The number of aromatic nitrogens is 2. The fourth-order valence-electron chi connectivity index (χ4n) is 2.23. The molecule has 0 spiro atoms. The zero-order valence-corrected chi connectivity index (χ0v) is 16.5. The molecule has 0 fully saturated rings. The van der Waals surface area contributed by atoms with Crippen molar-refractivity contribution < 1.29 is 22.5 Å². The zero-order chi connectivity index (χ0) is 20.9. The molecule has 2 rings (SSSR count). The zero-order valence-electron chi connectivity index (χ0n) is 15.7. The van der Waals surface area contributed by atoms with Crippen LogP contribution in [0.1, 0.15) is 24.2 Å². The number of primary amides is 1. The second-order valence-corrected chi connectivity index (χ2v) is 8.01. The Balaban J connectivity index is 2.24. The molecule has 11 heteroatoms. The van der Waals surface area contributed by atoms with E-state index in [-0.39, 0.29) is 41.6 Å². The van der Waals surface area contributed by atoms with Gasteiger partial charge in [-0.2, -0.15) is 13.4 Å². The van der Waals surface area contributed by atoms with Crippen LogP contribution in [-0.4, -0.2) is 48.3 Å². The smallest absolute Gasteiger partial charge is 0.306 e. The van der Waals surface area contributed by atoms with E-state index in [1.165, 1.54) is 18.3 Å². The molecule has 0 radical (unpaired) electrons. The van der Waals surface area contributed by atoms with Gasteiger partial charge < -0.3 is 25.7 Å². The van der Waals surface area contributed by atoms with E-state index in [0.29, 0.717) is 5.69 Å². The number of anilines is 3. The van der Waals surface area contributed by atoms with Gasteiger partial charge in [-0.3, -0.25) is 4.79 Å². The van der Waals surface area contributed by atoms with Crippen LogP contribution in [0.25, 0.3) is 0 Å². The molecule has 0 saturated carbocycles. The first kappa shape index (κ1) is 21.4. The Bertz CT molecular complexity index is 931. The van der Waals surface area contributed by atoms with Crippen LogP contribution in [0.2, 0.25) is 0 Å². The summed E-state index contributed by atoms with van der Waals surface area (Å²) < 4.78 is 27.1. The first-order valence-electron chi connectivity index (χ1n) is 8.40. The largest absolute Gasteiger partial charge is 0.394 e. The third-order valence-corrected chi connectivity index (χ3v) is 4.23. The van der Waals surface area contributed by atoms with Crippen molar-refractivity contribution in [2.45, 2.75) is 19.9 Å². The van der Waals surface area contributed by atoms with Crippen molar-refractivity contribution in [3.63, 3.8) is 0 Å². The number of rotatable bonds is 9. The van der Waals surface area contributed by atoms with Gasteiger partial charge in [-0.25, -0.2) is 4.98 Å². The summed E-state index contributed by atoms with van der Waals surface area (Å²) in [7, 11) is -3.61. The maximum absolute atomic E-state index is 11.6. The molecule has 1 aromatic carbocycles. The summed E-state index contributed by atoms with van der Waals surface area (Å²) in [5.41, 5.74) is 6.04. The van der Waals surface area contributed by atoms with Gasteiger partial charge >= 0.3 is 10.1 Å². The standard InChI is InChI=1S/C17H23N5O5S/c1-10(2)14(9-23)21-16-13(15(18)24)8-19-17(22-16)20-11-4-6-12(7-5-11)27-28(3,25)26/h4-8,10,14,23H,9H2,1-3H3,(H2,18,24)(H2,19,20,21,22)/t14-/m1/s1. The van der Waals surface area contributed by atoms with E-state index in [0.717, 1.165) is 6.26 Å². The Morgan fingerprint density at radius 3 is 2.43 bits per heavy atom. The highest BCUT2D eigenvalue weighted by Gasteiger charge is 2.18. The van der Waals surface area contributed by atoms with Crippen molar-refractivity contribution in [2.24, 2.45) is 11.7 Å². The lowest BCUT2D eigenvalue weighted by molar-refractivity contribution is 0.1000. The summed E-state index contributed by atoms with van der Waals surface area (Å²) in [6, 6.07) is 5.79. The third kappa shape index (κ3) is 6.06. The number of hydrogen-bond donors (Lipinski definition) is 4. The van der Waals surface area contributed by atoms with Gasteiger partial charge in [0.15, 0.2) is 0 Å². The number of carbonyl (C=O) groups is 1. The number of nitrogens with zero attached hydrogens (tertiary/aromatic N) is 2. The molecule has 0 unspecified atom stereocenters. The van der Waals surface area contributed by atoms with Gasteiger partial charge in [0.1, 0.15) is 11.6 Å². The predicted molar refractivity (Wildman–Crippen MR) is 105 cm³/mol. The molecule has 0 bridgehead atoms.